The molecule has 0 heterocycles. The Morgan fingerprint density at radius 1 is 0.431 bits per heavy atom. The summed E-state index contributed by atoms with van der Waals surface area (Å²) in [5, 5.41) is 37.1. The number of phenolic OH excluding ortho intramolecular Hbond substituents is 2. The van der Waals surface area contributed by atoms with Crippen LogP contribution in [0.25, 0.3) is 33.7 Å². The van der Waals surface area contributed by atoms with Crippen molar-refractivity contribution in [2.45, 2.75) is 19.6 Å². The normalized spacial score (nSPS) is 13.1. The molecule has 0 unspecified atom stereocenters. The van der Waals surface area contributed by atoms with Crippen LogP contribution in [0.1, 0.15) is 11.1 Å². The number of anilines is 2. The Hall–Kier alpha value is -6.38. The van der Waals surface area contributed by atoms with E-state index in [0.717, 1.165) is 60.7 Å². The molecule has 0 aromatic heterocycles. The van der Waals surface area contributed by atoms with Crippen molar-refractivity contribution in [3.63, 3.8) is 0 Å². The molecule has 10 N–H and O–H groups in total. The smallest absolute Gasteiger partial charge is 0.296 e. The van der Waals surface area contributed by atoms with Crippen LogP contribution in [0.2, 0.25) is 0 Å². The number of hydrogen-bond acceptors (Lipinski definition) is 16. The molecule has 6 rings (SSSR count). The Morgan fingerprint density at radius 2 is 0.776 bits per heavy atom. The SMILES string of the molecule is Nc1ccc2cc(S(=O)(=O)O)c(N=Nc3ccc(/C=C/c4ccc(N=Nc5c(S(=O)(=O)O)cc6ccc(N)cc6c5O)cc4S(=O)(=O)O)c(S(=O)(=O)O)c3)c(O)c2c1. The third kappa shape index (κ3) is 8.62. The van der Waals surface area contributed by atoms with E-state index in [0.29, 0.717) is 0 Å². The van der Waals surface area contributed by atoms with Gasteiger partial charge in [0.25, 0.3) is 40.5 Å². The molecule has 20 nitrogen and oxygen atoms in total. The van der Waals surface area contributed by atoms with Gasteiger partial charge in [-0.2, -0.15) is 43.9 Å². The Balaban J connectivity index is 1.38. The fourth-order valence-corrected chi connectivity index (χ4v) is 8.31. The number of rotatable bonds is 10. The highest BCUT2D eigenvalue weighted by Gasteiger charge is 2.24. The molecular weight excluding hydrogens is 845 g/mol. The van der Waals surface area contributed by atoms with Gasteiger partial charge < -0.3 is 21.7 Å². The van der Waals surface area contributed by atoms with E-state index in [1.165, 1.54) is 36.4 Å². The van der Waals surface area contributed by atoms with Crippen LogP contribution in [-0.2, 0) is 40.5 Å². The summed E-state index contributed by atoms with van der Waals surface area (Å²) in [4.78, 5) is -3.31. The van der Waals surface area contributed by atoms with Crippen molar-refractivity contribution in [3.05, 3.63) is 96.1 Å². The summed E-state index contributed by atoms with van der Waals surface area (Å²) in [6.07, 6.45) is 2.06. The highest BCUT2D eigenvalue weighted by atomic mass is 32.2. The molecule has 300 valence electrons. The minimum atomic E-state index is -5.06. The molecule has 0 aliphatic carbocycles. The van der Waals surface area contributed by atoms with Crippen molar-refractivity contribution in [3.8, 4) is 11.5 Å². The van der Waals surface area contributed by atoms with Crippen LogP contribution in [0, 0.1) is 0 Å². The van der Waals surface area contributed by atoms with Crippen LogP contribution in [0.3, 0.4) is 0 Å². The second kappa shape index (κ2) is 14.8. The zero-order valence-corrected chi connectivity index (χ0v) is 32.0. The minimum Gasteiger partial charge on any atom is -0.505 e. The Labute approximate surface area is 328 Å². The van der Waals surface area contributed by atoms with Gasteiger partial charge >= 0.3 is 0 Å². The van der Waals surface area contributed by atoms with Crippen LogP contribution in [0.4, 0.5) is 34.1 Å². The number of nitrogen functional groups attached to an aromatic ring is 2. The molecule has 0 spiro atoms. The third-order valence-corrected chi connectivity index (χ3v) is 11.8. The van der Waals surface area contributed by atoms with Gasteiger partial charge in [-0.3, -0.25) is 18.2 Å². The highest BCUT2D eigenvalue weighted by Crippen LogP contribution is 2.43. The Kier molecular flexibility index (Phi) is 10.6. The van der Waals surface area contributed by atoms with Crippen molar-refractivity contribution >= 4 is 108 Å². The standard InChI is InChI=1S/C34H26N6O14S4/c35-21-7-3-19-11-29(57(49,50)51)31(33(41)25(19)13-21)39-37-23-9-5-17(27(15-23)55(43,44)45)1-2-18-6-10-24(16-28(18)56(46,47)48)38-40-32-30(58(52,53)54)12-20-4-8-22(36)14-26(20)34(32)42/h1-16,41-42H,35-36H2,(H,43,44,45)(H,46,47,48)(H,49,50,51)(H,52,53,54)/b2-1+,39-37?,40-38?. The fourth-order valence-electron chi connectivity index (χ4n) is 5.59. The quantitative estimate of drug-likeness (QED) is 0.0313. The van der Waals surface area contributed by atoms with Gasteiger partial charge in [-0.25, -0.2) is 0 Å². The van der Waals surface area contributed by atoms with Crippen LogP contribution in [-0.4, -0.2) is 62.1 Å². The van der Waals surface area contributed by atoms with Gasteiger partial charge in [0.1, 0.15) is 31.0 Å². The van der Waals surface area contributed by atoms with Gasteiger partial charge in [0.05, 0.1) is 11.4 Å². The number of phenols is 2. The maximum atomic E-state index is 12.4. The van der Waals surface area contributed by atoms with E-state index in [-0.39, 0.29) is 55.4 Å². The van der Waals surface area contributed by atoms with E-state index in [4.69, 9.17) is 11.5 Å². The molecule has 0 aliphatic heterocycles. The molecule has 24 heteroatoms. The molecule has 0 amide bonds. The van der Waals surface area contributed by atoms with E-state index in [9.17, 15) is 62.1 Å². The third-order valence-electron chi connectivity index (χ3n) is 8.23. The lowest BCUT2D eigenvalue weighted by molar-refractivity contribution is 0.471. The van der Waals surface area contributed by atoms with Gasteiger partial charge in [0, 0.05) is 22.1 Å². The molecule has 0 saturated carbocycles. The van der Waals surface area contributed by atoms with Crippen LogP contribution in [0.15, 0.2) is 125 Å². The largest absolute Gasteiger partial charge is 0.505 e. The number of azo groups is 2. The Morgan fingerprint density at radius 3 is 1.10 bits per heavy atom. The minimum absolute atomic E-state index is 0.0438. The summed E-state index contributed by atoms with van der Waals surface area (Å²) in [7, 11) is -20.1. The lowest BCUT2D eigenvalue weighted by atomic mass is 10.1. The number of hydrogen-bond donors (Lipinski definition) is 8. The summed E-state index contributed by atoms with van der Waals surface area (Å²) in [6.45, 7) is 0. The van der Waals surface area contributed by atoms with Gasteiger partial charge in [-0.1, -0.05) is 36.4 Å². The van der Waals surface area contributed by atoms with Crippen molar-refractivity contribution in [1.82, 2.24) is 0 Å². The molecule has 0 radical (unpaired) electrons. The van der Waals surface area contributed by atoms with E-state index in [2.05, 4.69) is 20.5 Å². The van der Waals surface area contributed by atoms with Crippen molar-refractivity contribution in [2.75, 3.05) is 11.5 Å². The van der Waals surface area contributed by atoms with E-state index in [1.54, 1.807) is 0 Å². The Bertz CT molecular complexity index is 3060. The predicted molar refractivity (Wildman–Crippen MR) is 209 cm³/mol. The van der Waals surface area contributed by atoms with Gasteiger partial charge in [0.2, 0.25) is 0 Å². The lowest BCUT2D eigenvalue weighted by Crippen LogP contribution is -2.01. The first-order chi connectivity index (χ1) is 26.9. The van der Waals surface area contributed by atoms with E-state index < -0.39 is 82.9 Å². The van der Waals surface area contributed by atoms with E-state index in [1.807, 2.05) is 0 Å². The first-order valence-electron chi connectivity index (χ1n) is 15.7. The predicted octanol–water partition coefficient (Wildman–Crippen LogP) is 6.56. The second-order valence-electron chi connectivity index (χ2n) is 12.2. The highest BCUT2D eigenvalue weighted by molar-refractivity contribution is 7.86. The average molecular weight is 871 g/mol. The van der Waals surface area contributed by atoms with Crippen molar-refractivity contribution in [1.29, 1.82) is 0 Å². The monoisotopic (exact) mass is 870 g/mol. The molecule has 0 saturated heterocycles. The molecule has 58 heavy (non-hydrogen) atoms. The molecule has 0 bridgehead atoms. The first kappa shape index (κ1) is 41.3. The summed E-state index contributed by atoms with van der Waals surface area (Å²) in [6, 6.07) is 16.3. The topological polar surface area (TPSA) is 359 Å². The first-order valence-corrected chi connectivity index (χ1v) is 21.5. The number of fused-ring (bicyclic) bond motifs is 2. The maximum absolute atomic E-state index is 12.4. The summed E-state index contributed by atoms with van der Waals surface area (Å²) < 4.78 is 138. The van der Waals surface area contributed by atoms with Gasteiger partial charge in [-0.15, -0.1) is 10.2 Å². The summed E-state index contributed by atoms with van der Waals surface area (Å²) in [5.74, 6) is -1.48. The number of nitrogens with zero attached hydrogens (tertiary/aromatic N) is 4. The molecule has 0 atom stereocenters. The zero-order valence-electron chi connectivity index (χ0n) is 28.8. The lowest BCUT2D eigenvalue weighted by Gasteiger charge is -2.10. The van der Waals surface area contributed by atoms with E-state index >= 15 is 0 Å². The number of benzene rings is 6. The van der Waals surface area contributed by atoms with Crippen LogP contribution >= 0.6 is 0 Å². The number of aromatic hydroxyl groups is 2. The zero-order chi connectivity index (χ0) is 42.5. The van der Waals surface area contributed by atoms with Gasteiger partial charge in [0.15, 0.2) is 11.5 Å². The summed E-state index contributed by atoms with van der Waals surface area (Å²) >= 11 is 0. The van der Waals surface area contributed by atoms with Gasteiger partial charge in [-0.05, 0) is 82.6 Å². The molecule has 6 aromatic carbocycles. The summed E-state index contributed by atoms with van der Waals surface area (Å²) in [5.41, 5.74) is 9.31. The maximum Gasteiger partial charge on any atom is 0.296 e. The van der Waals surface area contributed by atoms with Crippen molar-refractivity contribution < 1.29 is 62.1 Å². The van der Waals surface area contributed by atoms with Crippen LogP contribution < -0.4 is 11.5 Å². The fraction of sp³-hybridized carbons (Fsp3) is 0. The number of nitrogens with two attached hydrogens (primary N) is 2. The second-order valence-corrected chi connectivity index (χ2v) is 17.7. The van der Waals surface area contributed by atoms with Crippen molar-refractivity contribution in [2.24, 2.45) is 20.5 Å². The average Bonchev–Trinajstić information content (AvgIpc) is 3.12. The molecule has 6 aromatic rings. The molecular formula is C34H26N6O14S4. The molecule has 0 aliphatic rings. The molecule has 0 fully saturated rings. The van der Waals surface area contributed by atoms with Crippen LogP contribution in [0.5, 0.6) is 11.5 Å².